The van der Waals surface area contributed by atoms with Gasteiger partial charge in [-0.3, -0.25) is 10.1 Å². The van der Waals surface area contributed by atoms with E-state index in [-0.39, 0.29) is 22.3 Å². The van der Waals surface area contributed by atoms with Crippen molar-refractivity contribution in [1.29, 1.82) is 0 Å². The van der Waals surface area contributed by atoms with Crippen LogP contribution in [0.15, 0.2) is 18.2 Å². The Morgan fingerprint density at radius 3 is 2.59 bits per heavy atom. The van der Waals surface area contributed by atoms with Gasteiger partial charge in [0.1, 0.15) is 11.9 Å². The number of aliphatic hydroxyl groups is 2. The molecule has 1 rings (SSSR count). The molecule has 94 valence electrons. The van der Waals surface area contributed by atoms with Gasteiger partial charge >= 0.3 is 0 Å². The lowest BCUT2D eigenvalue weighted by Crippen LogP contribution is -2.19. The summed E-state index contributed by atoms with van der Waals surface area (Å²) >= 11 is 3.02. The van der Waals surface area contributed by atoms with E-state index in [2.05, 4.69) is 15.9 Å². The number of nitro groups is 1. The molecule has 0 fully saturated rings. The fraction of sp³-hybridized carbons (Fsp3) is 0.400. The first-order chi connectivity index (χ1) is 7.99. The van der Waals surface area contributed by atoms with Gasteiger partial charge in [-0.25, -0.2) is 0 Å². The number of hydrogen-bond donors (Lipinski definition) is 2. The molecule has 2 unspecified atom stereocenters. The molecule has 0 aliphatic carbocycles. The van der Waals surface area contributed by atoms with Crippen molar-refractivity contribution < 1.29 is 19.9 Å². The van der Waals surface area contributed by atoms with Crippen LogP contribution in [0.5, 0.6) is 5.75 Å². The number of methoxy groups -OCH3 is 1. The number of hydrogen-bond acceptors (Lipinski definition) is 5. The Hall–Kier alpha value is -1.18. The summed E-state index contributed by atoms with van der Waals surface area (Å²) in [6.07, 6.45) is -2.25. The minimum absolute atomic E-state index is 0.166. The van der Waals surface area contributed by atoms with Gasteiger partial charge in [0, 0.05) is 11.4 Å². The van der Waals surface area contributed by atoms with Crippen LogP contribution in [0.25, 0.3) is 0 Å². The average Bonchev–Trinajstić information content (AvgIpc) is 2.36. The summed E-state index contributed by atoms with van der Waals surface area (Å²) in [6, 6.07) is 3.90. The van der Waals surface area contributed by atoms with E-state index in [0.717, 1.165) is 0 Å². The van der Waals surface area contributed by atoms with Gasteiger partial charge in [0.25, 0.3) is 5.69 Å². The van der Waals surface area contributed by atoms with Crippen LogP contribution in [0.4, 0.5) is 5.69 Å². The first-order valence-electron chi connectivity index (χ1n) is 4.75. The van der Waals surface area contributed by atoms with Gasteiger partial charge in [-0.2, -0.15) is 0 Å². The predicted octanol–water partition coefficient (Wildman–Crippen LogP) is 1.39. The highest BCUT2D eigenvalue weighted by Crippen LogP contribution is 2.28. The van der Waals surface area contributed by atoms with Crippen molar-refractivity contribution in [3.63, 3.8) is 0 Å². The van der Waals surface area contributed by atoms with Crippen LogP contribution in [-0.4, -0.2) is 33.7 Å². The van der Waals surface area contributed by atoms with Gasteiger partial charge < -0.3 is 14.9 Å². The second-order valence-corrected chi connectivity index (χ2v) is 4.04. The zero-order valence-corrected chi connectivity index (χ0v) is 10.6. The summed E-state index contributed by atoms with van der Waals surface area (Å²) in [5.74, 6) is 0.259. The number of nitro benzene ring substituents is 1. The molecule has 6 nitrogen and oxygen atoms in total. The number of halogens is 1. The van der Waals surface area contributed by atoms with Crippen LogP contribution >= 0.6 is 15.9 Å². The number of ether oxygens (including phenoxy) is 1. The van der Waals surface area contributed by atoms with Crippen molar-refractivity contribution in [2.75, 3.05) is 12.4 Å². The molecular weight excluding hydrogens is 294 g/mol. The van der Waals surface area contributed by atoms with Crippen LogP contribution in [0.3, 0.4) is 0 Å². The molecule has 2 atom stereocenters. The lowest BCUT2D eigenvalue weighted by molar-refractivity contribution is -0.385. The summed E-state index contributed by atoms with van der Waals surface area (Å²) in [5, 5.41) is 30.1. The van der Waals surface area contributed by atoms with Gasteiger partial charge in [0.05, 0.1) is 24.2 Å². The molecule has 17 heavy (non-hydrogen) atoms. The van der Waals surface area contributed by atoms with Gasteiger partial charge in [-0.05, 0) is 11.6 Å². The van der Waals surface area contributed by atoms with E-state index in [4.69, 9.17) is 4.74 Å². The Kier molecular flexibility index (Phi) is 4.86. The third kappa shape index (κ3) is 3.39. The third-order valence-corrected chi connectivity index (χ3v) is 2.89. The highest BCUT2D eigenvalue weighted by atomic mass is 79.9. The Balaban J connectivity index is 3.14. The van der Waals surface area contributed by atoms with E-state index in [9.17, 15) is 20.3 Å². The Morgan fingerprint density at radius 2 is 2.12 bits per heavy atom. The maximum Gasteiger partial charge on any atom is 0.273 e. The second-order valence-electron chi connectivity index (χ2n) is 3.39. The molecule has 0 aliphatic rings. The number of alkyl halides is 1. The van der Waals surface area contributed by atoms with E-state index in [1.807, 2.05) is 0 Å². The number of non-ortho nitro benzene ring substituents is 1. The van der Waals surface area contributed by atoms with E-state index in [1.54, 1.807) is 0 Å². The standard InChI is InChI=1S/C10H12BrNO5/c1-17-8-3-6(10(14)9(13)5-11)2-7(4-8)12(15)16/h2-4,9-10,13-14H,5H2,1H3. The van der Waals surface area contributed by atoms with Crippen molar-refractivity contribution in [2.45, 2.75) is 12.2 Å². The molecule has 0 saturated heterocycles. The molecular formula is C10H12BrNO5. The Morgan fingerprint density at radius 1 is 1.47 bits per heavy atom. The van der Waals surface area contributed by atoms with Gasteiger partial charge in [0.15, 0.2) is 0 Å². The van der Waals surface area contributed by atoms with Gasteiger partial charge in [-0.1, -0.05) is 15.9 Å². The molecule has 2 N–H and O–H groups in total. The van der Waals surface area contributed by atoms with Crippen LogP contribution < -0.4 is 4.74 Å². The molecule has 1 aromatic carbocycles. The molecule has 0 spiro atoms. The van der Waals surface area contributed by atoms with Crippen LogP contribution in [-0.2, 0) is 0 Å². The van der Waals surface area contributed by atoms with Gasteiger partial charge in [0.2, 0.25) is 0 Å². The predicted molar refractivity (Wildman–Crippen MR) is 64.4 cm³/mol. The normalized spacial score (nSPS) is 14.1. The Bertz CT molecular complexity index is 412. The highest BCUT2D eigenvalue weighted by Gasteiger charge is 2.21. The summed E-state index contributed by atoms with van der Waals surface area (Å²) in [6.45, 7) is 0. The molecule has 7 heteroatoms. The minimum atomic E-state index is -1.21. The molecule has 0 bridgehead atoms. The molecule has 0 heterocycles. The largest absolute Gasteiger partial charge is 0.496 e. The van der Waals surface area contributed by atoms with E-state index >= 15 is 0 Å². The zero-order chi connectivity index (χ0) is 13.0. The topological polar surface area (TPSA) is 92.8 Å². The first-order valence-corrected chi connectivity index (χ1v) is 5.87. The summed E-state index contributed by atoms with van der Waals surface area (Å²) in [7, 11) is 1.37. The zero-order valence-electron chi connectivity index (χ0n) is 9.04. The molecule has 0 aromatic heterocycles. The van der Waals surface area contributed by atoms with E-state index in [1.165, 1.54) is 25.3 Å². The Labute approximate surface area is 106 Å². The summed E-state index contributed by atoms with van der Waals surface area (Å²) in [4.78, 5) is 10.1. The van der Waals surface area contributed by atoms with Crippen molar-refractivity contribution in [3.8, 4) is 5.75 Å². The number of benzene rings is 1. The highest BCUT2D eigenvalue weighted by molar-refractivity contribution is 9.09. The molecule has 1 aromatic rings. The van der Waals surface area contributed by atoms with Crippen molar-refractivity contribution in [1.82, 2.24) is 0 Å². The lowest BCUT2D eigenvalue weighted by Gasteiger charge is -2.16. The molecule has 0 saturated carbocycles. The van der Waals surface area contributed by atoms with Crippen LogP contribution in [0.2, 0.25) is 0 Å². The number of nitrogens with zero attached hydrogens (tertiary/aromatic N) is 1. The SMILES string of the molecule is COc1cc(C(O)C(O)CBr)cc([N+](=O)[O-])c1. The quantitative estimate of drug-likeness (QED) is 0.487. The summed E-state index contributed by atoms with van der Waals surface area (Å²) in [5.41, 5.74) is 0.0446. The van der Waals surface area contributed by atoms with Crippen molar-refractivity contribution in [3.05, 3.63) is 33.9 Å². The third-order valence-electron chi connectivity index (χ3n) is 2.22. The fourth-order valence-corrected chi connectivity index (χ4v) is 1.66. The van der Waals surface area contributed by atoms with Crippen molar-refractivity contribution >= 4 is 21.6 Å². The average molecular weight is 306 g/mol. The smallest absolute Gasteiger partial charge is 0.273 e. The lowest BCUT2D eigenvalue weighted by atomic mass is 10.0. The fourth-order valence-electron chi connectivity index (χ4n) is 1.31. The maximum atomic E-state index is 10.7. The molecule has 0 aliphatic heterocycles. The number of rotatable bonds is 5. The van der Waals surface area contributed by atoms with E-state index < -0.39 is 17.1 Å². The molecule has 0 radical (unpaired) electrons. The summed E-state index contributed by atoms with van der Waals surface area (Å²) < 4.78 is 4.90. The van der Waals surface area contributed by atoms with E-state index in [0.29, 0.717) is 0 Å². The van der Waals surface area contributed by atoms with Gasteiger partial charge in [-0.15, -0.1) is 0 Å². The van der Waals surface area contributed by atoms with Crippen molar-refractivity contribution in [2.24, 2.45) is 0 Å². The minimum Gasteiger partial charge on any atom is -0.496 e. The maximum absolute atomic E-state index is 10.7. The van der Waals surface area contributed by atoms with Crippen LogP contribution in [0, 0.1) is 10.1 Å². The first kappa shape index (κ1) is 13.9. The second kappa shape index (κ2) is 5.95. The molecule has 0 amide bonds. The van der Waals surface area contributed by atoms with Crippen LogP contribution in [0.1, 0.15) is 11.7 Å². The number of aliphatic hydroxyl groups excluding tert-OH is 2. The monoisotopic (exact) mass is 305 g/mol.